The number of ether oxygens (including phenoxy) is 1. The van der Waals surface area contributed by atoms with E-state index in [4.69, 9.17) is 9.84 Å². The first kappa shape index (κ1) is 14.4. The average Bonchev–Trinajstić information content (AvgIpc) is 2.37. The zero-order valence-electron chi connectivity index (χ0n) is 9.91. The van der Waals surface area contributed by atoms with E-state index in [0.717, 1.165) is 6.07 Å². The van der Waals surface area contributed by atoms with Crippen LogP contribution >= 0.6 is 0 Å². The first-order valence-corrected chi connectivity index (χ1v) is 5.38. The van der Waals surface area contributed by atoms with Crippen LogP contribution < -0.4 is 4.74 Å². The number of aromatic hydroxyl groups is 1. The normalized spacial score (nSPS) is 14.0. The molecule has 0 aliphatic carbocycles. The Hall–Kier alpha value is -1.63. The van der Waals surface area contributed by atoms with Crippen molar-refractivity contribution in [1.82, 2.24) is 0 Å². The van der Waals surface area contributed by atoms with Gasteiger partial charge >= 0.3 is 0 Å². The summed E-state index contributed by atoms with van der Waals surface area (Å²) in [5.74, 6) is -0.141. The molecule has 0 bridgehead atoms. The number of carbonyl (C=O) groups excluding carboxylic acids is 1. The molecule has 0 radical (unpaired) electrons. The number of methoxy groups -OCH3 is 1. The van der Waals surface area contributed by atoms with E-state index in [2.05, 4.69) is 0 Å². The van der Waals surface area contributed by atoms with Crippen LogP contribution in [0.15, 0.2) is 12.1 Å². The molecule has 0 aliphatic rings. The number of carbonyl (C=O) groups is 1. The predicted octanol–water partition coefficient (Wildman–Crippen LogP) is -0.0100. The first-order chi connectivity index (χ1) is 8.54. The van der Waals surface area contributed by atoms with Crippen molar-refractivity contribution >= 4 is 6.29 Å². The fraction of sp³-hybridized carbons (Fsp3) is 0.417. The van der Waals surface area contributed by atoms with E-state index >= 15 is 0 Å². The summed E-state index contributed by atoms with van der Waals surface area (Å²) >= 11 is 0. The topological polar surface area (TPSA) is 107 Å². The lowest BCUT2D eigenvalue weighted by Gasteiger charge is -2.19. The summed E-state index contributed by atoms with van der Waals surface area (Å²) in [6.07, 6.45) is -2.13. The van der Waals surface area contributed by atoms with Crippen molar-refractivity contribution in [2.75, 3.05) is 13.7 Å². The van der Waals surface area contributed by atoms with Crippen LogP contribution in [-0.2, 0) is 0 Å². The number of phenols is 1. The van der Waals surface area contributed by atoms with Crippen molar-refractivity contribution in [2.45, 2.75) is 18.6 Å². The van der Waals surface area contributed by atoms with Crippen LogP contribution in [0.25, 0.3) is 0 Å². The molecule has 0 amide bonds. The average molecular weight is 256 g/mol. The van der Waals surface area contributed by atoms with E-state index in [1.54, 1.807) is 0 Å². The highest BCUT2D eigenvalue weighted by molar-refractivity contribution is 5.79. The summed E-state index contributed by atoms with van der Waals surface area (Å²) in [4.78, 5) is 10.9. The lowest BCUT2D eigenvalue weighted by Crippen LogP contribution is -2.20. The number of aliphatic hydroxyl groups is 3. The number of rotatable bonds is 6. The SMILES string of the molecule is COc1cc(C=O)c(C(O)C(O)CCO)cc1O. The van der Waals surface area contributed by atoms with Crippen molar-refractivity contribution in [1.29, 1.82) is 0 Å². The number of hydrogen-bond acceptors (Lipinski definition) is 6. The lowest BCUT2D eigenvalue weighted by atomic mass is 9.97. The van der Waals surface area contributed by atoms with E-state index < -0.39 is 12.2 Å². The van der Waals surface area contributed by atoms with Gasteiger partial charge < -0.3 is 25.2 Å². The standard InChI is InChI=1S/C12H16O6/c1-18-11-4-7(6-14)8(5-10(11)16)12(17)9(15)2-3-13/h4-6,9,12-13,15-17H,2-3H2,1H3. The van der Waals surface area contributed by atoms with Crippen molar-refractivity contribution in [3.8, 4) is 11.5 Å². The Morgan fingerprint density at radius 1 is 1.39 bits per heavy atom. The Morgan fingerprint density at radius 2 is 2.06 bits per heavy atom. The van der Waals surface area contributed by atoms with Gasteiger partial charge in [0.15, 0.2) is 17.8 Å². The molecule has 0 spiro atoms. The zero-order chi connectivity index (χ0) is 13.7. The van der Waals surface area contributed by atoms with Gasteiger partial charge in [-0.05, 0) is 24.1 Å². The summed E-state index contributed by atoms with van der Waals surface area (Å²) in [5.41, 5.74) is 0.193. The Labute approximate surface area is 104 Å². The molecule has 100 valence electrons. The van der Waals surface area contributed by atoms with Gasteiger partial charge in [0.1, 0.15) is 6.10 Å². The molecule has 0 saturated heterocycles. The molecule has 18 heavy (non-hydrogen) atoms. The van der Waals surface area contributed by atoms with Crippen LogP contribution in [0, 0.1) is 0 Å². The molecule has 1 aromatic rings. The van der Waals surface area contributed by atoms with Crippen LogP contribution in [-0.4, -0.2) is 46.5 Å². The molecule has 0 saturated carbocycles. The molecule has 2 unspecified atom stereocenters. The van der Waals surface area contributed by atoms with Crippen LogP contribution in [0.4, 0.5) is 0 Å². The summed E-state index contributed by atoms with van der Waals surface area (Å²) in [5, 5.41) is 37.7. The molecular formula is C12H16O6. The second-order valence-corrected chi connectivity index (χ2v) is 3.80. The minimum Gasteiger partial charge on any atom is -0.504 e. The molecule has 1 aromatic carbocycles. The van der Waals surface area contributed by atoms with Crippen molar-refractivity contribution in [2.24, 2.45) is 0 Å². The largest absolute Gasteiger partial charge is 0.504 e. The van der Waals surface area contributed by atoms with Gasteiger partial charge in [0.05, 0.1) is 13.2 Å². The second kappa shape index (κ2) is 6.34. The van der Waals surface area contributed by atoms with E-state index in [1.165, 1.54) is 13.2 Å². The van der Waals surface area contributed by atoms with Crippen LogP contribution in [0.5, 0.6) is 11.5 Å². The van der Waals surface area contributed by atoms with Gasteiger partial charge in [0.25, 0.3) is 0 Å². The second-order valence-electron chi connectivity index (χ2n) is 3.80. The van der Waals surface area contributed by atoms with Crippen LogP contribution in [0.1, 0.15) is 28.4 Å². The molecule has 2 atom stereocenters. The molecule has 0 heterocycles. The maximum absolute atomic E-state index is 10.9. The van der Waals surface area contributed by atoms with E-state index in [-0.39, 0.29) is 35.7 Å². The van der Waals surface area contributed by atoms with Gasteiger partial charge in [0.2, 0.25) is 0 Å². The molecule has 0 fully saturated rings. The molecule has 6 heteroatoms. The summed E-state index contributed by atoms with van der Waals surface area (Å²) in [6, 6.07) is 2.43. The highest BCUT2D eigenvalue weighted by Gasteiger charge is 2.22. The smallest absolute Gasteiger partial charge is 0.161 e. The summed E-state index contributed by atoms with van der Waals surface area (Å²) in [6.45, 7) is -0.295. The van der Waals surface area contributed by atoms with Crippen LogP contribution in [0.3, 0.4) is 0 Å². The Balaban J connectivity index is 3.14. The molecule has 0 aromatic heterocycles. The van der Waals surface area contributed by atoms with E-state index in [1.807, 2.05) is 0 Å². The monoisotopic (exact) mass is 256 g/mol. The third-order valence-electron chi connectivity index (χ3n) is 2.62. The van der Waals surface area contributed by atoms with Gasteiger partial charge in [0, 0.05) is 12.2 Å². The van der Waals surface area contributed by atoms with Gasteiger partial charge in [-0.25, -0.2) is 0 Å². The number of aliphatic hydroxyl groups excluding tert-OH is 3. The maximum Gasteiger partial charge on any atom is 0.161 e. The number of hydrogen-bond donors (Lipinski definition) is 4. The molecule has 0 aliphatic heterocycles. The van der Waals surface area contributed by atoms with Crippen molar-refractivity contribution in [3.05, 3.63) is 23.3 Å². The Kier molecular flexibility index (Phi) is 5.08. The van der Waals surface area contributed by atoms with Gasteiger partial charge in [-0.3, -0.25) is 4.79 Å². The summed E-state index contributed by atoms with van der Waals surface area (Å²) in [7, 11) is 1.33. The van der Waals surface area contributed by atoms with Crippen LogP contribution in [0.2, 0.25) is 0 Å². The number of phenolic OH excluding ortho intramolecular Hbond substituents is 1. The summed E-state index contributed by atoms with van der Waals surface area (Å²) < 4.78 is 4.84. The van der Waals surface area contributed by atoms with Gasteiger partial charge in [-0.15, -0.1) is 0 Å². The number of benzene rings is 1. The Morgan fingerprint density at radius 3 is 2.56 bits per heavy atom. The minimum absolute atomic E-state index is 0.0355. The fourth-order valence-electron chi connectivity index (χ4n) is 1.62. The minimum atomic E-state index is -1.37. The molecule has 1 rings (SSSR count). The maximum atomic E-state index is 10.9. The molecule has 6 nitrogen and oxygen atoms in total. The Bertz CT molecular complexity index is 417. The third-order valence-corrected chi connectivity index (χ3v) is 2.62. The van der Waals surface area contributed by atoms with Crippen molar-refractivity contribution < 1.29 is 30.0 Å². The van der Waals surface area contributed by atoms with Crippen molar-refractivity contribution in [3.63, 3.8) is 0 Å². The first-order valence-electron chi connectivity index (χ1n) is 5.38. The zero-order valence-corrected chi connectivity index (χ0v) is 9.91. The molecular weight excluding hydrogens is 240 g/mol. The lowest BCUT2D eigenvalue weighted by molar-refractivity contribution is 0.00384. The highest BCUT2D eigenvalue weighted by Crippen LogP contribution is 2.33. The fourth-order valence-corrected chi connectivity index (χ4v) is 1.62. The van der Waals surface area contributed by atoms with E-state index in [0.29, 0.717) is 6.29 Å². The third kappa shape index (κ3) is 2.98. The number of aldehydes is 1. The van der Waals surface area contributed by atoms with E-state index in [9.17, 15) is 20.1 Å². The van der Waals surface area contributed by atoms with Gasteiger partial charge in [-0.2, -0.15) is 0 Å². The quantitative estimate of drug-likeness (QED) is 0.533. The van der Waals surface area contributed by atoms with Gasteiger partial charge in [-0.1, -0.05) is 0 Å². The molecule has 4 N–H and O–H groups in total. The predicted molar refractivity (Wildman–Crippen MR) is 62.7 cm³/mol. The highest BCUT2D eigenvalue weighted by atomic mass is 16.5.